The van der Waals surface area contributed by atoms with Gasteiger partial charge in [0.15, 0.2) is 0 Å². The van der Waals surface area contributed by atoms with E-state index in [1.807, 2.05) is 0 Å². The van der Waals surface area contributed by atoms with Crippen LogP contribution in [0.4, 0.5) is 0 Å². The largest absolute Gasteiger partial charge is 0.330 e. The van der Waals surface area contributed by atoms with Crippen molar-refractivity contribution in [2.75, 3.05) is 13.1 Å². The molecule has 0 saturated heterocycles. The van der Waals surface area contributed by atoms with Crippen LogP contribution >= 0.6 is 0 Å². The van der Waals surface area contributed by atoms with Gasteiger partial charge in [0.1, 0.15) is 0 Å². The van der Waals surface area contributed by atoms with Crippen molar-refractivity contribution in [1.29, 1.82) is 0 Å². The maximum absolute atomic E-state index is 5.48. The van der Waals surface area contributed by atoms with Gasteiger partial charge >= 0.3 is 0 Å². The van der Waals surface area contributed by atoms with Crippen LogP contribution in [-0.4, -0.2) is 18.0 Å². The number of rotatable bonds is 6. The Balaban J connectivity index is 1.67. The average Bonchev–Trinajstić information content (AvgIpc) is 2.71. The Labute approximate surface area is 98.4 Å². The highest BCUT2D eigenvalue weighted by atomic mass is 15.1. The number of unbranched alkanes of at least 4 members (excludes halogenated alkanes) is 3. The van der Waals surface area contributed by atoms with Gasteiger partial charge in [-0.25, -0.2) is 0 Å². The van der Waals surface area contributed by atoms with Gasteiger partial charge in [0.25, 0.3) is 0 Å². The Kier molecular flexibility index (Phi) is 4.37. The van der Waals surface area contributed by atoms with E-state index in [2.05, 4.69) is 29.2 Å². The SMILES string of the molecule is NCCCCCCN1Cc2ccccc2C1. The quantitative estimate of drug-likeness (QED) is 0.743. The van der Waals surface area contributed by atoms with Crippen molar-refractivity contribution in [3.8, 4) is 0 Å². The van der Waals surface area contributed by atoms with E-state index in [9.17, 15) is 0 Å². The molecule has 2 nitrogen and oxygen atoms in total. The minimum absolute atomic E-state index is 0.842. The van der Waals surface area contributed by atoms with Crippen LogP contribution in [0.5, 0.6) is 0 Å². The molecule has 1 aliphatic rings. The van der Waals surface area contributed by atoms with Gasteiger partial charge in [-0.1, -0.05) is 37.1 Å². The molecular formula is C14H22N2. The van der Waals surface area contributed by atoms with Gasteiger partial charge < -0.3 is 5.73 Å². The summed E-state index contributed by atoms with van der Waals surface area (Å²) < 4.78 is 0. The third kappa shape index (κ3) is 3.06. The Morgan fingerprint density at radius 2 is 1.56 bits per heavy atom. The molecule has 1 aromatic rings. The van der Waals surface area contributed by atoms with Gasteiger partial charge in [0.05, 0.1) is 0 Å². The minimum atomic E-state index is 0.842. The number of hydrogen-bond acceptors (Lipinski definition) is 2. The molecule has 0 bridgehead atoms. The second kappa shape index (κ2) is 6.02. The van der Waals surface area contributed by atoms with E-state index >= 15 is 0 Å². The van der Waals surface area contributed by atoms with Crippen molar-refractivity contribution in [3.63, 3.8) is 0 Å². The van der Waals surface area contributed by atoms with Crippen LogP contribution in [0.2, 0.25) is 0 Å². The van der Waals surface area contributed by atoms with Gasteiger partial charge in [-0.15, -0.1) is 0 Å². The van der Waals surface area contributed by atoms with E-state index in [1.165, 1.54) is 43.4 Å². The summed E-state index contributed by atoms with van der Waals surface area (Å²) in [5.41, 5.74) is 8.52. The predicted molar refractivity (Wildman–Crippen MR) is 68.1 cm³/mol. The summed E-state index contributed by atoms with van der Waals surface area (Å²) in [5, 5.41) is 0. The van der Waals surface area contributed by atoms with Crippen molar-refractivity contribution < 1.29 is 0 Å². The van der Waals surface area contributed by atoms with E-state index < -0.39 is 0 Å². The van der Waals surface area contributed by atoms with Crippen LogP contribution in [0.3, 0.4) is 0 Å². The van der Waals surface area contributed by atoms with Crippen molar-refractivity contribution in [1.82, 2.24) is 4.90 Å². The van der Waals surface area contributed by atoms with E-state index in [0.717, 1.165) is 19.6 Å². The van der Waals surface area contributed by atoms with Crippen LogP contribution in [-0.2, 0) is 13.1 Å². The molecule has 0 saturated carbocycles. The fourth-order valence-electron chi connectivity index (χ4n) is 2.40. The molecule has 2 rings (SSSR count). The van der Waals surface area contributed by atoms with Crippen molar-refractivity contribution in [3.05, 3.63) is 35.4 Å². The molecule has 0 unspecified atom stereocenters. The maximum atomic E-state index is 5.48. The highest BCUT2D eigenvalue weighted by Crippen LogP contribution is 2.22. The first-order chi connectivity index (χ1) is 7.90. The summed E-state index contributed by atoms with van der Waals surface area (Å²) in [7, 11) is 0. The van der Waals surface area contributed by atoms with Gasteiger partial charge in [-0.3, -0.25) is 4.90 Å². The zero-order valence-electron chi connectivity index (χ0n) is 9.99. The number of benzene rings is 1. The van der Waals surface area contributed by atoms with Crippen molar-refractivity contribution in [2.45, 2.75) is 38.8 Å². The molecule has 0 aliphatic carbocycles. The highest BCUT2D eigenvalue weighted by Gasteiger charge is 2.16. The summed E-state index contributed by atoms with van der Waals surface area (Å²) in [4.78, 5) is 2.55. The fourth-order valence-corrected chi connectivity index (χ4v) is 2.40. The van der Waals surface area contributed by atoms with Crippen LogP contribution in [0.25, 0.3) is 0 Å². The van der Waals surface area contributed by atoms with Crippen LogP contribution in [0.1, 0.15) is 36.8 Å². The number of fused-ring (bicyclic) bond motifs is 1. The van der Waals surface area contributed by atoms with E-state index in [0.29, 0.717) is 0 Å². The third-order valence-electron chi connectivity index (χ3n) is 3.33. The maximum Gasteiger partial charge on any atom is 0.0240 e. The molecule has 0 fully saturated rings. The molecular weight excluding hydrogens is 196 g/mol. The number of nitrogens with two attached hydrogens (primary N) is 1. The lowest BCUT2D eigenvalue weighted by Crippen LogP contribution is -2.17. The summed E-state index contributed by atoms with van der Waals surface area (Å²) in [6.07, 6.45) is 5.11. The predicted octanol–water partition coefficient (Wildman–Crippen LogP) is 2.52. The molecule has 0 radical (unpaired) electrons. The second-order valence-electron chi connectivity index (χ2n) is 4.68. The molecule has 0 atom stereocenters. The first kappa shape index (κ1) is 11.6. The normalized spacial score (nSPS) is 15.3. The monoisotopic (exact) mass is 218 g/mol. The Bertz CT molecular complexity index is 297. The van der Waals surface area contributed by atoms with Gasteiger partial charge in [0, 0.05) is 13.1 Å². The molecule has 16 heavy (non-hydrogen) atoms. The van der Waals surface area contributed by atoms with Gasteiger partial charge in [-0.2, -0.15) is 0 Å². The first-order valence-electron chi connectivity index (χ1n) is 6.39. The third-order valence-corrected chi connectivity index (χ3v) is 3.33. The fraction of sp³-hybridized carbons (Fsp3) is 0.571. The number of nitrogens with zero attached hydrogens (tertiary/aromatic N) is 1. The van der Waals surface area contributed by atoms with Crippen LogP contribution in [0.15, 0.2) is 24.3 Å². The van der Waals surface area contributed by atoms with Crippen molar-refractivity contribution >= 4 is 0 Å². The molecule has 88 valence electrons. The Morgan fingerprint density at radius 1 is 0.938 bits per heavy atom. The first-order valence-corrected chi connectivity index (χ1v) is 6.39. The van der Waals surface area contributed by atoms with E-state index in [1.54, 1.807) is 0 Å². The molecule has 0 spiro atoms. The van der Waals surface area contributed by atoms with E-state index in [-0.39, 0.29) is 0 Å². The average molecular weight is 218 g/mol. The molecule has 1 heterocycles. The smallest absolute Gasteiger partial charge is 0.0240 e. The second-order valence-corrected chi connectivity index (χ2v) is 4.68. The molecule has 2 heteroatoms. The lowest BCUT2D eigenvalue weighted by molar-refractivity contribution is 0.276. The number of hydrogen-bond donors (Lipinski definition) is 1. The lowest BCUT2D eigenvalue weighted by Gasteiger charge is -2.14. The van der Waals surface area contributed by atoms with Crippen molar-refractivity contribution in [2.24, 2.45) is 5.73 Å². The molecule has 1 aliphatic heterocycles. The lowest BCUT2D eigenvalue weighted by atomic mass is 10.1. The Hall–Kier alpha value is -0.860. The zero-order chi connectivity index (χ0) is 11.2. The van der Waals surface area contributed by atoms with Gasteiger partial charge in [0.2, 0.25) is 0 Å². The molecule has 0 amide bonds. The van der Waals surface area contributed by atoms with Crippen LogP contribution in [0, 0.1) is 0 Å². The summed E-state index contributed by atoms with van der Waals surface area (Å²) in [5.74, 6) is 0. The van der Waals surface area contributed by atoms with Crippen LogP contribution < -0.4 is 5.73 Å². The molecule has 2 N–H and O–H groups in total. The molecule has 0 aromatic heterocycles. The standard InChI is InChI=1S/C14H22N2/c15-9-5-1-2-6-10-16-11-13-7-3-4-8-14(13)12-16/h3-4,7-8H,1-2,5-6,9-12,15H2. The molecule has 1 aromatic carbocycles. The highest BCUT2D eigenvalue weighted by molar-refractivity contribution is 5.30. The minimum Gasteiger partial charge on any atom is -0.330 e. The summed E-state index contributed by atoms with van der Waals surface area (Å²) in [6, 6.07) is 8.79. The summed E-state index contributed by atoms with van der Waals surface area (Å²) >= 11 is 0. The zero-order valence-corrected chi connectivity index (χ0v) is 9.99. The summed E-state index contributed by atoms with van der Waals surface area (Å²) in [6.45, 7) is 4.37. The topological polar surface area (TPSA) is 29.3 Å². The van der Waals surface area contributed by atoms with E-state index in [4.69, 9.17) is 5.73 Å². The Morgan fingerprint density at radius 3 is 2.19 bits per heavy atom. The van der Waals surface area contributed by atoms with Gasteiger partial charge in [-0.05, 0) is 37.1 Å².